The molecule has 0 aliphatic heterocycles. The van der Waals surface area contributed by atoms with Crippen molar-refractivity contribution in [3.8, 4) is 11.5 Å². The van der Waals surface area contributed by atoms with Crippen LogP contribution in [0.3, 0.4) is 0 Å². The molecular weight excluding hydrogens is 510 g/mol. The molecule has 3 aromatic carbocycles. The zero-order chi connectivity index (χ0) is 26.2. The lowest BCUT2D eigenvalue weighted by Gasteiger charge is -2.15. The van der Waals surface area contributed by atoms with Gasteiger partial charge >= 0.3 is 0 Å². The SMILES string of the molecule is COc1cc2nc(SCC(=O)NNC(=S)Nc3ccccc3)n(Cc3ccccc3)c(=O)c2cc1OC. The summed E-state index contributed by atoms with van der Waals surface area (Å²) in [5.74, 6) is 0.558. The number of hydrogen-bond donors (Lipinski definition) is 3. The number of para-hydroxylation sites is 1. The lowest BCUT2D eigenvalue weighted by Crippen LogP contribution is -2.44. The third-order valence-corrected chi connectivity index (χ3v) is 6.47. The van der Waals surface area contributed by atoms with Crippen molar-refractivity contribution in [3.05, 3.63) is 88.7 Å². The van der Waals surface area contributed by atoms with Crippen LogP contribution in [0.5, 0.6) is 11.5 Å². The summed E-state index contributed by atoms with van der Waals surface area (Å²) < 4.78 is 12.3. The van der Waals surface area contributed by atoms with Crippen molar-refractivity contribution in [2.24, 2.45) is 0 Å². The van der Waals surface area contributed by atoms with Crippen LogP contribution in [0.2, 0.25) is 0 Å². The number of methoxy groups -OCH3 is 2. The Morgan fingerprint density at radius 3 is 2.30 bits per heavy atom. The van der Waals surface area contributed by atoms with Gasteiger partial charge in [0.15, 0.2) is 21.8 Å². The minimum absolute atomic E-state index is 0.000969. The van der Waals surface area contributed by atoms with E-state index >= 15 is 0 Å². The first-order valence-corrected chi connectivity index (χ1v) is 12.6. The van der Waals surface area contributed by atoms with Crippen LogP contribution in [0.25, 0.3) is 10.9 Å². The van der Waals surface area contributed by atoms with Crippen LogP contribution in [0, 0.1) is 0 Å². The predicted octanol–water partition coefficient (Wildman–Crippen LogP) is 3.57. The van der Waals surface area contributed by atoms with E-state index in [4.69, 9.17) is 26.7 Å². The summed E-state index contributed by atoms with van der Waals surface area (Å²) in [6, 6.07) is 22.2. The smallest absolute Gasteiger partial charge is 0.262 e. The second kappa shape index (κ2) is 12.2. The highest BCUT2D eigenvalue weighted by Crippen LogP contribution is 2.31. The molecule has 0 radical (unpaired) electrons. The van der Waals surface area contributed by atoms with Crippen molar-refractivity contribution in [2.75, 3.05) is 25.3 Å². The number of amides is 1. The van der Waals surface area contributed by atoms with E-state index in [2.05, 4.69) is 16.2 Å². The molecule has 0 unspecified atom stereocenters. The summed E-state index contributed by atoms with van der Waals surface area (Å²) in [6.45, 7) is 0.296. The Morgan fingerprint density at radius 1 is 0.973 bits per heavy atom. The van der Waals surface area contributed by atoms with Gasteiger partial charge in [-0.15, -0.1) is 0 Å². The Balaban J connectivity index is 1.54. The lowest BCUT2D eigenvalue weighted by molar-refractivity contribution is -0.119. The van der Waals surface area contributed by atoms with Crippen LogP contribution in [0.4, 0.5) is 5.69 Å². The number of fused-ring (bicyclic) bond motifs is 1. The normalized spacial score (nSPS) is 10.5. The molecule has 1 heterocycles. The standard InChI is InChI=1S/C26H25N5O4S2/c1-34-21-13-19-20(14-22(21)35-2)28-26(31(24(19)33)15-17-9-5-3-6-10-17)37-16-23(32)29-30-25(36)27-18-11-7-4-8-12-18/h3-14H,15-16H2,1-2H3,(H,29,32)(H2,27,30,36). The highest BCUT2D eigenvalue weighted by atomic mass is 32.2. The van der Waals surface area contributed by atoms with E-state index < -0.39 is 0 Å². The molecule has 11 heteroatoms. The maximum Gasteiger partial charge on any atom is 0.262 e. The molecule has 1 amide bonds. The third kappa shape index (κ3) is 6.57. The van der Waals surface area contributed by atoms with Crippen LogP contribution in [-0.4, -0.2) is 40.5 Å². The van der Waals surface area contributed by atoms with E-state index in [0.29, 0.717) is 34.1 Å². The number of hydrazine groups is 1. The molecule has 37 heavy (non-hydrogen) atoms. The number of benzene rings is 3. The largest absolute Gasteiger partial charge is 0.493 e. The third-order valence-electron chi connectivity index (χ3n) is 5.29. The van der Waals surface area contributed by atoms with Gasteiger partial charge in [0.2, 0.25) is 5.91 Å². The number of nitrogens with one attached hydrogen (secondary N) is 3. The van der Waals surface area contributed by atoms with Crippen molar-refractivity contribution < 1.29 is 14.3 Å². The second-order valence-electron chi connectivity index (χ2n) is 7.78. The number of nitrogens with zero attached hydrogens (tertiary/aromatic N) is 2. The monoisotopic (exact) mass is 535 g/mol. The van der Waals surface area contributed by atoms with Crippen molar-refractivity contribution in [3.63, 3.8) is 0 Å². The Hall–Kier alpha value is -4.09. The number of aromatic nitrogens is 2. The summed E-state index contributed by atoms with van der Waals surface area (Å²) in [4.78, 5) is 30.8. The summed E-state index contributed by atoms with van der Waals surface area (Å²) in [6.07, 6.45) is 0. The molecule has 0 fully saturated rings. The van der Waals surface area contributed by atoms with Crippen LogP contribution in [-0.2, 0) is 11.3 Å². The van der Waals surface area contributed by atoms with E-state index in [1.165, 1.54) is 14.2 Å². The minimum atomic E-state index is -0.338. The van der Waals surface area contributed by atoms with Gasteiger partial charge in [-0.3, -0.25) is 25.0 Å². The molecule has 4 aromatic rings. The molecule has 0 spiro atoms. The minimum Gasteiger partial charge on any atom is -0.493 e. The Labute approximate surface area is 223 Å². The summed E-state index contributed by atoms with van der Waals surface area (Å²) >= 11 is 6.36. The average molecular weight is 536 g/mol. The highest BCUT2D eigenvalue weighted by Gasteiger charge is 2.17. The number of ether oxygens (including phenoxy) is 2. The van der Waals surface area contributed by atoms with E-state index in [1.54, 1.807) is 16.7 Å². The first-order chi connectivity index (χ1) is 18.0. The fraction of sp³-hybridized carbons (Fsp3) is 0.154. The molecule has 0 atom stereocenters. The molecule has 0 bridgehead atoms. The number of carbonyl (C=O) groups excluding carboxylic acids is 1. The molecule has 9 nitrogen and oxygen atoms in total. The van der Waals surface area contributed by atoms with Crippen LogP contribution < -0.4 is 31.2 Å². The average Bonchev–Trinajstić information content (AvgIpc) is 2.93. The number of carbonyl (C=O) groups is 1. The lowest BCUT2D eigenvalue weighted by atomic mass is 10.2. The number of anilines is 1. The van der Waals surface area contributed by atoms with Crippen LogP contribution in [0.1, 0.15) is 5.56 Å². The summed E-state index contributed by atoms with van der Waals surface area (Å²) in [5, 5.41) is 4.01. The molecular formula is C26H25N5O4S2. The Kier molecular flexibility index (Phi) is 8.60. The molecule has 0 saturated heterocycles. The van der Waals surface area contributed by atoms with Gasteiger partial charge in [-0.1, -0.05) is 60.3 Å². The van der Waals surface area contributed by atoms with Gasteiger partial charge in [0.05, 0.1) is 37.4 Å². The first kappa shape index (κ1) is 26.0. The molecule has 0 saturated carbocycles. The first-order valence-electron chi connectivity index (χ1n) is 11.2. The topological polar surface area (TPSA) is 107 Å². The fourth-order valence-electron chi connectivity index (χ4n) is 3.52. The van der Waals surface area contributed by atoms with Gasteiger partial charge in [0.25, 0.3) is 5.56 Å². The van der Waals surface area contributed by atoms with E-state index in [-0.39, 0.29) is 22.3 Å². The van der Waals surface area contributed by atoms with Crippen LogP contribution in [0.15, 0.2) is 82.7 Å². The van der Waals surface area contributed by atoms with Crippen molar-refractivity contribution in [1.29, 1.82) is 0 Å². The Morgan fingerprint density at radius 2 is 1.62 bits per heavy atom. The van der Waals surface area contributed by atoms with Crippen molar-refractivity contribution >= 4 is 51.6 Å². The van der Waals surface area contributed by atoms with E-state index in [1.807, 2.05) is 60.7 Å². The fourth-order valence-corrected chi connectivity index (χ4v) is 4.49. The van der Waals surface area contributed by atoms with Gasteiger partial charge in [-0.05, 0) is 36.0 Å². The van der Waals surface area contributed by atoms with Gasteiger partial charge in [-0.25, -0.2) is 4.98 Å². The second-order valence-corrected chi connectivity index (χ2v) is 9.13. The van der Waals surface area contributed by atoms with E-state index in [0.717, 1.165) is 23.0 Å². The van der Waals surface area contributed by atoms with E-state index in [9.17, 15) is 9.59 Å². The van der Waals surface area contributed by atoms with Crippen molar-refractivity contribution in [2.45, 2.75) is 11.7 Å². The predicted molar refractivity (Wildman–Crippen MR) is 149 cm³/mol. The number of thiocarbonyl (C=S) groups is 1. The molecule has 0 aliphatic rings. The zero-order valence-electron chi connectivity index (χ0n) is 20.2. The molecule has 3 N–H and O–H groups in total. The number of thioether (sulfide) groups is 1. The van der Waals surface area contributed by atoms with Crippen LogP contribution >= 0.6 is 24.0 Å². The quantitative estimate of drug-likeness (QED) is 0.135. The summed E-state index contributed by atoms with van der Waals surface area (Å²) in [5.41, 5.74) is 7.16. The molecule has 0 aliphatic carbocycles. The van der Waals surface area contributed by atoms with Gasteiger partial charge in [-0.2, -0.15) is 0 Å². The molecule has 1 aromatic heterocycles. The maximum atomic E-state index is 13.5. The Bertz CT molecular complexity index is 1460. The summed E-state index contributed by atoms with van der Waals surface area (Å²) in [7, 11) is 3.03. The highest BCUT2D eigenvalue weighted by molar-refractivity contribution is 7.99. The number of rotatable bonds is 8. The van der Waals surface area contributed by atoms with Crippen molar-refractivity contribution in [1.82, 2.24) is 20.4 Å². The van der Waals surface area contributed by atoms with Gasteiger partial charge < -0.3 is 14.8 Å². The molecule has 4 rings (SSSR count). The number of hydrogen-bond acceptors (Lipinski definition) is 7. The zero-order valence-corrected chi connectivity index (χ0v) is 21.8. The van der Waals surface area contributed by atoms with Gasteiger partial charge in [0, 0.05) is 11.8 Å². The van der Waals surface area contributed by atoms with Gasteiger partial charge in [0.1, 0.15) is 0 Å². The maximum absolute atomic E-state index is 13.5. The molecule has 190 valence electrons.